The lowest BCUT2D eigenvalue weighted by atomic mass is 10.1. The number of nitrogens with one attached hydrogen (secondary N) is 1. The Morgan fingerprint density at radius 1 is 1.26 bits per heavy atom. The average Bonchev–Trinajstić information content (AvgIpc) is 2.53. The Morgan fingerprint density at radius 3 is 2.70 bits per heavy atom. The van der Waals surface area contributed by atoms with Crippen LogP contribution in [0, 0.1) is 0 Å². The number of pyridine rings is 1. The number of hydrogen-bond donors (Lipinski definition) is 1. The summed E-state index contributed by atoms with van der Waals surface area (Å²) in [6, 6.07) is 4.36. The summed E-state index contributed by atoms with van der Waals surface area (Å²) < 4.78 is 29.1. The molecule has 0 saturated carbocycles. The number of hydrogen-bond acceptors (Lipinski definition) is 5. The van der Waals surface area contributed by atoms with Gasteiger partial charge in [0.15, 0.2) is 12.4 Å². The standard InChI is InChI=1S/C15H16F2N4O2/c1-9(2)13-14(19-7-6-18-13)21-15(22)10-4-3-5-12(20-10)23-8-11(16)17/h3-7,9,11H,8H2,1-2H3,(H,19,21,22). The highest BCUT2D eigenvalue weighted by Gasteiger charge is 2.15. The molecule has 2 heterocycles. The summed E-state index contributed by atoms with van der Waals surface area (Å²) in [5.41, 5.74) is 0.683. The number of carbonyl (C=O) groups excluding carboxylic acids is 1. The number of carbonyl (C=O) groups is 1. The third-order valence-electron chi connectivity index (χ3n) is 2.82. The summed E-state index contributed by atoms with van der Waals surface area (Å²) >= 11 is 0. The van der Waals surface area contributed by atoms with Gasteiger partial charge < -0.3 is 10.1 Å². The first-order valence-electron chi connectivity index (χ1n) is 6.97. The van der Waals surface area contributed by atoms with Crippen molar-refractivity contribution in [3.63, 3.8) is 0 Å². The minimum atomic E-state index is -2.61. The van der Waals surface area contributed by atoms with Gasteiger partial charge in [0.2, 0.25) is 5.88 Å². The van der Waals surface area contributed by atoms with E-state index in [4.69, 9.17) is 4.74 Å². The van der Waals surface area contributed by atoms with Gasteiger partial charge in [0.25, 0.3) is 12.3 Å². The second-order valence-electron chi connectivity index (χ2n) is 4.96. The maximum Gasteiger partial charge on any atom is 0.275 e. The van der Waals surface area contributed by atoms with Gasteiger partial charge in [-0.15, -0.1) is 0 Å². The molecule has 2 aromatic heterocycles. The van der Waals surface area contributed by atoms with Crippen LogP contribution in [0.4, 0.5) is 14.6 Å². The van der Waals surface area contributed by atoms with Crippen LogP contribution in [0.25, 0.3) is 0 Å². The maximum atomic E-state index is 12.2. The van der Waals surface area contributed by atoms with E-state index in [-0.39, 0.29) is 17.5 Å². The molecule has 0 unspecified atom stereocenters. The van der Waals surface area contributed by atoms with Crippen LogP contribution in [0.2, 0.25) is 0 Å². The fourth-order valence-corrected chi connectivity index (χ4v) is 1.81. The number of aromatic nitrogens is 3. The SMILES string of the molecule is CC(C)c1nccnc1NC(=O)c1cccc(OCC(F)F)n1. The van der Waals surface area contributed by atoms with Crippen LogP contribution >= 0.6 is 0 Å². The summed E-state index contributed by atoms with van der Waals surface area (Å²) in [6.45, 7) is 3.08. The summed E-state index contributed by atoms with van der Waals surface area (Å²) in [6.07, 6.45) is 0.404. The molecule has 122 valence electrons. The molecule has 6 nitrogen and oxygen atoms in total. The lowest BCUT2D eigenvalue weighted by molar-refractivity contribution is 0.0794. The molecule has 1 N–H and O–H groups in total. The van der Waals surface area contributed by atoms with Gasteiger partial charge in [-0.25, -0.2) is 18.7 Å². The molecule has 1 amide bonds. The van der Waals surface area contributed by atoms with Crippen LogP contribution < -0.4 is 10.1 Å². The van der Waals surface area contributed by atoms with E-state index < -0.39 is 18.9 Å². The fourth-order valence-electron chi connectivity index (χ4n) is 1.81. The van der Waals surface area contributed by atoms with E-state index in [9.17, 15) is 13.6 Å². The van der Waals surface area contributed by atoms with Gasteiger partial charge in [0.05, 0.1) is 5.69 Å². The molecule has 0 bridgehead atoms. The van der Waals surface area contributed by atoms with Crippen LogP contribution in [0.3, 0.4) is 0 Å². The molecule has 0 atom stereocenters. The van der Waals surface area contributed by atoms with Crippen molar-refractivity contribution in [1.82, 2.24) is 15.0 Å². The maximum absolute atomic E-state index is 12.2. The van der Waals surface area contributed by atoms with E-state index in [1.165, 1.54) is 24.4 Å². The quantitative estimate of drug-likeness (QED) is 0.885. The minimum absolute atomic E-state index is 0.0390. The normalized spacial score (nSPS) is 10.9. The van der Waals surface area contributed by atoms with E-state index in [1.54, 1.807) is 6.20 Å². The highest BCUT2D eigenvalue weighted by Crippen LogP contribution is 2.19. The van der Waals surface area contributed by atoms with Crippen molar-refractivity contribution in [3.8, 4) is 5.88 Å². The molecule has 2 rings (SSSR count). The van der Waals surface area contributed by atoms with Gasteiger partial charge >= 0.3 is 0 Å². The number of ether oxygens (including phenoxy) is 1. The molecule has 0 aliphatic carbocycles. The van der Waals surface area contributed by atoms with Crippen molar-refractivity contribution in [3.05, 3.63) is 42.0 Å². The van der Waals surface area contributed by atoms with E-state index >= 15 is 0 Å². The monoisotopic (exact) mass is 322 g/mol. The molecule has 0 spiro atoms. The topological polar surface area (TPSA) is 77.0 Å². The molecule has 23 heavy (non-hydrogen) atoms. The Bertz CT molecular complexity index is 680. The molecular weight excluding hydrogens is 306 g/mol. The van der Waals surface area contributed by atoms with Gasteiger partial charge in [-0.05, 0) is 12.0 Å². The van der Waals surface area contributed by atoms with Crippen molar-refractivity contribution in [1.29, 1.82) is 0 Å². The molecule has 0 aliphatic heterocycles. The highest BCUT2D eigenvalue weighted by molar-refractivity contribution is 6.02. The number of alkyl halides is 2. The number of halogens is 2. The first-order valence-corrected chi connectivity index (χ1v) is 6.97. The van der Waals surface area contributed by atoms with Crippen LogP contribution in [0.1, 0.15) is 35.9 Å². The third kappa shape index (κ3) is 4.67. The van der Waals surface area contributed by atoms with Crippen molar-refractivity contribution >= 4 is 11.7 Å². The molecule has 0 saturated heterocycles. The zero-order valence-electron chi connectivity index (χ0n) is 12.7. The Labute approximate surface area is 131 Å². The zero-order chi connectivity index (χ0) is 16.8. The Kier molecular flexibility index (Phi) is 5.51. The number of anilines is 1. The van der Waals surface area contributed by atoms with Crippen molar-refractivity contribution in [2.45, 2.75) is 26.2 Å². The third-order valence-corrected chi connectivity index (χ3v) is 2.82. The minimum Gasteiger partial charge on any atom is -0.472 e. The Hall–Kier alpha value is -2.64. The highest BCUT2D eigenvalue weighted by atomic mass is 19.3. The molecule has 0 aromatic carbocycles. The van der Waals surface area contributed by atoms with Gasteiger partial charge in [0.1, 0.15) is 5.69 Å². The smallest absolute Gasteiger partial charge is 0.275 e. The second kappa shape index (κ2) is 7.57. The molecule has 0 fully saturated rings. The molecule has 0 aliphatic rings. The predicted molar refractivity (Wildman–Crippen MR) is 79.8 cm³/mol. The molecule has 0 radical (unpaired) electrons. The molecule has 2 aromatic rings. The Morgan fingerprint density at radius 2 is 2.00 bits per heavy atom. The second-order valence-corrected chi connectivity index (χ2v) is 4.96. The van der Waals surface area contributed by atoms with Gasteiger partial charge in [0, 0.05) is 18.5 Å². The number of nitrogens with zero attached hydrogens (tertiary/aromatic N) is 3. The van der Waals surface area contributed by atoms with Gasteiger partial charge in [-0.2, -0.15) is 0 Å². The summed E-state index contributed by atoms with van der Waals surface area (Å²) in [5.74, 6) is -0.142. The summed E-state index contributed by atoms with van der Waals surface area (Å²) in [4.78, 5) is 24.4. The van der Waals surface area contributed by atoms with E-state index in [2.05, 4.69) is 20.3 Å². The first-order chi connectivity index (χ1) is 11.0. The predicted octanol–water partition coefficient (Wildman–Crippen LogP) is 2.89. The summed E-state index contributed by atoms with van der Waals surface area (Å²) in [5, 5.41) is 2.62. The van der Waals surface area contributed by atoms with Crippen LogP contribution in [-0.4, -0.2) is 33.9 Å². The van der Waals surface area contributed by atoms with Crippen molar-refractivity contribution in [2.75, 3.05) is 11.9 Å². The fraction of sp³-hybridized carbons (Fsp3) is 0.333. The van der Waals surface area contributed by atoms with Crippen LogP contribution in [-0.2, 0) is 0 Å². The first kappa shape index (κ1) is 16.7. The molecule has 8 heteroatoms. The van der Waals surface area contributed by atoms with E-state index in [0.717, 1.165) is 0 Å². The van der Waals surface area contributed by atoms with E-state index in [0.29, 0.717) is 11.5 Å². The Balaban J connectivity index is 2.14. The molecular formula is C15H16F2N4O2. The van der Waals surface area contributed by atoms with Crippen LogP contribution in [0.5, 0.6) is 5.88 Å². The van der Waals surface area contributed by atoms with Gasteiger partial charge in [-0.1, -0.05) is 19.9 Å². The lowest BCUT2D eigenvalue weighted by Crippen LogP contribution is -2.17. The number of amides is 1. The van der Waals surface area contributed by atoms with Gasteiger partial charge in [-0.3, -0.25) is 9.78 Å². The summed E-state index contributed by atoms with van der Waals surface area (Å²) in [7, 11) is 0. The zero-order valence-corrected chi connectivity index (χ0v) is 12.7. The largest absolute Gasteiger partial charge is 0.472 e. The number of rotatable bonds is 6. The lowest BCUT2D eigenvalue weighted by Gasteiger charge is -2.11. The van der Waals surface area contributed by atoms with Crippen LogP contribution in [0.15, 0.2) is 30.6 Å². The average molecular weight is 322 g/mol. The van der Waals surface area contributed by atoms with Crippen molar-refractivity contribution < 1.29 is 18.3 Å². The van der Waals surface area contributed by atoms with E-state index in [1.807, 2.05) is 13.8 Å². The van der Waals surface area contributed by atoms with Crippen molar-refractivity contribution in [2.24, 2.45) is 0 Å².